The minimum atomic E-state index is 0.0607. The summed E-state index contributed by atoms with van der Waals surface area (Å²) in [7, 11) is 1.63. The molecule has 1 fully saturated rings. The SMILES string of the molecule is CCC1(n2nnnc2-c2ccc(N)cc2OC)CCC1. The van der Waals surface area contributed by atoms with Crippen molar-refractivity contribution in [3.63, 3.8) is 0 Å². The van der Waals surface area contributed by atoms with Gasteiger partial charge in [0.15, 0.2) is 5.82 Å². The topological polar surface area (TPSA) is 78.9 Å². The molecular weight excluding hydrogens is 254 g/mol. The van der Waals surface area contributed by atoms with Crippen LogP contribution in [0.25, 0.3) is 11.4 Å². The van der Waals surface area contributed by atoms with Crippen LogP contribution in [-0.4, -0.2) is 27.3 Å². The second-order valence-corrected chi connectivity index (χ2v) is 5.31. The lowest BCUT2D eigenvalue weighted by Crippen LogP contribution is -2.41. The highest BCUT2D eigenvalue weighted by molar-refractivity contribution is 5.68. The number of rotatable bonds is 4. The van der Waals surface area contributed by atoms with Crippen molar-refractivity contribution in [1.29, 1.82) is 0 Å². The minimum Gasteiger partial charge on any atom is -0.496 e. The van der Waals surface area contributed by atoms with Gasteiger partial charge in [-0.3, -0.25) is 0 Å². The van der Waals surface area contributed by atoms with Crippen LogP contribution in [0.1, 0.15) is 32.6 Å². The largest absolute Gasteiger partial charge is 0.496 e. The number of nitrogens with zero attached hydrogens (tertiary/aromatic N) is 4. The summed E-state index contributed by atoms with van der Waals surface area (Å²) in [4.78, 5) is 0. The summed E-state index contributed by atoms with van der Waals surface area (Å²) in [6, 6.07) is 5.56. The number of nitrogen functional groups attached to an aromatic ring is 1. The average Bonchev–Trinajstić information content (AvgIpc) is 2.87. The van der Waals surface area contributed by atoms with E-state index in [1.807, 2.05) is 16.8 Å². The maximum atomic E-state index is 5.81. The fourth-order valence-electron chi connectivity index (χ4n) is 2.87. The maximum absolute atomic E-state index is 5.81. The van der Waals surface area contributed by atoms with Crippen LogP contribution < -0.4 is 10.5 Å². The van der Waals surface area contributed by atoms with Gasteiger partial charge < -0.3 is 10.5 Å². The molecule has 1 aliphatic rings. The van der Waals surface area contributed by atoms with Crippen LogP contribution >= 0.6 is 0 Å². The summed E-state index contributed by atoms with van der Waals surface area (Å²) >= 11 is 0. The Morgan fingerprint density at radius 2 is 2.20 bits per heavy atom. The van der Waals surface area contributed by atoms with Crippen LogP contribution in [0.3, 0.4) is 0 Å². The summed E-state index contributed by atoms with van der Waals surface area (Å²) < 4.78 is 7.38. The predicted molar refractivity (Wildman–Crippen MR) is 76.3 cm³/mol. The summed E-state index contributed by atoms with van der Waals surface area (Å²) in [6.45, 7) is 2.19. The molecule has 3 rings (SSSR count). The van der Waals surface area contributed by atoms with Gasteiger partial charge in [-0.25, -0.2) is 4.68 Å². The van der Waals surface area contributed by atoms with E-state index in [1.165, 1.54) is 6.42 Å². The van der Waals surface area contributed by atoms with Crippen molar-refractivity contribution < 1.29 is 4.74 Å². The molecule has 1 saturated carbocycles. The van der Waals surface area contributed by atoms with E-state index in [-0.39, 0.29) is 5.54 Å². The lowest BCUT2D eigenvalue weighted by Gasteiger charge is -2.41. The van der Waals surface area contributed by atoms with Crippen LogP contribution in [0.15, 0.2) is 18.2 Å². The van der Waals surface area contributed by atoms with E-state index in [2.05, 4.69) is 22.4 Å². The third-order valence-corrected chi connectivity index (χ3v) is 4.33. The summed E-state index contributed by atoms with van der Waals surface area (Å²) in [5.74, 6) is 1.45. The Labute approximate surface area is 117 Å². The Morgan fingerprint density at radius 1 is 1.40 bits per heavy atom. The zero-order valence-electron chi connectivity index (χ0n) is 11.8. The monoisotopic (exact) mass is 273 g/mol. The lowest BCUT2D eigenvalue weighted by molar-refractivity contribution is 0.118. The van der Waals surface area contributed by atoms with Gasteiger partial charge in [0.2, 0.25) is 0 Å². The molecule has 1 aromatic heterocycles. The van der Waals surface area contributed by atoms with E-state index in [0.29, 0.717) is 11.4 Å². The maximum Gasteiger partial charge on any atom is 0.186 e. The third-order valence-electron chi connectivity index (χ3n) is 4.33. The normalized spacial score (nSPS) is 16.7. The number of ether oxygens (including phenoxy) is 1. The molecule has 0 atom stereocenters. The van der Waals surface area contributed by atoms with Gasteiger partial charge in [-0.2, -0.15) is 0 Å². The molecule has 1 aromatic carbocycles. The van der Waals surface area contributed by atoms with Crippen LogP contribution in [-0.2, 0) is 5.54 Å². The van der Waals surface area contributed by atoms with Gasteiger partial charge in [0.25, 0.3) is 0 Å². The number of anilines is 1. The molecule has 1 aliphatic carbocycles. The van der Waals surface area contributed by atoms with Crippen molar-refractivity contribution in [3.05, 3.63) is 18.2 Å². The minimum absolute atomic E-state index is 0.0607. The highest BCUT2D eigenvalue weighted by Gasteiger charge is 2.40. The summed E-state index contributed by atoms with van der Waals surface area (Å²) in [5.41, 5.74) is 7.41. The van der Waals surface area contributed by atoms with E-state index in [4.69, 9.17) is 10.5 Å². The molecular formula is C14H19N5O. The van der Waals surface area contributed by atoms with E-state index >= 15 is 0 Å². The number of aromatic nitrogens is 4. The van der Waals surface area contributed by atoms with Crippen molar-refractivity contribution in [2.45, 2.75) is 38.1 Å². The van der Waals surface area contributed by atoms with Gasteiger partial charge in [-0.05, 0) is 48.2 Å². The van der Waals surface area contributed by atoms with Crippen molar-refractivity contribution in [2.75, 3.05) is 12.8 Å². The fraction of sp³-hybridized carbons (Fsp3) is 0.500. The molecule has 0 saturated heterocycles. The number of methoxy groups -OCH3 is 1. The van der Waals surface area contributed by atoms with Gasteiger partial charge in [0.05, 0.1) is 18.2 Å². The highest BCUT2D eigenvalue weighted by Crippen LogP contribution is 2.44. The Kier molecular flexibility index (Phi) is 3.08. The molecule has 0 amide bonds. The molecule has 0 aliphatic heterocycles. The molecule has 6 nitrogen and oxygen atoms in total. The zero-order valence-corrected chi connectivity index (χ0v) is 11.8. The molecule has 0 unspecified atom stereocenters. The average molecular weight is 273 g/mol. The molecule has 0 bridgehead atoms. The van der Waals surface area contributed by atoms with Gasteiger partial charge in [-0.15, -0.1) is 5.10 Å². The highest BCUT2D eigenvalue weighted by atomic mass is 16.5. The number of hydrogen-bond donors (Lipinski definition) is 1. The summed E-state index contributed by atoms with van der Waals surface area (Å²) in [6.07, 6.45) is 4.51. The van der Waals surface area contributed by atoms with Crippen molar-refractivity contribution in [2.24, 2.45) is 0 Å². The first-order valence-electron chi connectivity index (χ1n) is 6.93. The first-order valence-corrected chi connectivity index (χ1v) is 6.93. The van der Waals surface area contributed by atoms with Gasteiger partial charge in [-0.1, -0.05) is 6.92 Å². The molecule has 106 valence electrons. The molecule has 0 spiro atoms. The fourth-order valence-corrected chi connectivity index (χ4v) is 2.87. The first-order chi connectivity index (χ1) is 9.70. The Balaban J connectivity index is 2.10. The Bertz CT molecular complexity index is 612. The molecule has 2 N–H and O–H groups in total. The number of tetrazole rings is 1. The molecule has 1 heterocycles. The van der Waals surface area contributed by atoms with Crippen molar-refractivity contribution in [1.82, 2.24) is 20.2 Å². The number of nitrogens with two attached hydrogens (primary N) is 1. The second-order valence-electron chi connectivity index (χ2n) is 5.31. The van der Waals surface area contributed by atoms with Crippen LogP contribution in [0.2, 0.25) is 0 Å². The molecule has 20 heavy (non-hydrogen) atoms. The molecule has 6 heteroatoms. The van der Waals surface area contributed by atoms with E-state index < -0.39 is 0 Å². The lowest BCUT2D eigenvalue weighted by atomic mass is 9.75. The van der Waals surface area contributed by atoms with Crippen LogP contribution in [0.4, 0.5) is 5.69 Å². The van der Waals surface area contributed by atoms with E-state index in [0.717, 1.165) is 30.7 Å². The quantitative estimate of drug-likeness (QED) is 0.864. The molecule has 0 radical (unpaired) electrons. The Morgan fingerprint density at radius 3 is 2.80 bits per heavy atom. The van der Waals surface area contributed by atoms with Gasteiger partial charge >= 0.3 is 0 Å². The smallest absolute Gasteiger partial charge is 0.186 e. The second kappa shape index (κ2) is 4.77. The van der Waals surface area contributed by atoms with Gasteiger partial charge in [0.1, 0.15) is 5.75 Å². The Hall–Kier alpha value is -2.11. The summed E-state index contributed by atoms with van der Waals surface area (Å²) in [5, 5.41) is 12.3. The third kappa shape index (κ3) is 1.83. The van der Waals surface area contributed by atoms with E-state index in [9.17, 15) is 0 Å². The number of benzene rings is 1. The van der Waals surface area contributed by atoms with Gasteiger partial charge in [0, 0.05) is 11.8 Å². The zero-order chi connectivity index (χ0) is 14.2. The van der Waals surface area contributed by atoms with Crippen molar-refractivity contribution >= 4 is 5.69 Å². The number of hydrogen-bond acceptors (Lipinski definition) is 5. The van der Waals surface area contributed by atoms with Crippen molar-refractivity contribution in [3.8, 4) is 17.1 Å². The standard InChI is InChI=1S/C14H19N5O/c1-3-14(7-4-8-14)19-13(16-17-18-19)11-6-5-10(15)9-12(11)20-2/h5-6,9H,3-4,7-8,15H2,1-2H3. The first kappa shape index (κ1) is 12.9. The molecule has 2 aromatic rings. The van der Waals surface area contributed by atoms with Crippen LogP contribution in [0.5, 0.6) is 5.75 Å². The van der Waals surface area contributed by atoms with Crippen LogP contribution in [0, 0.1) is 0 Å². The van der Waals surface area contributed by atoms with E-state index in [1.54, 1.807) is 13.2 Å². The predicted octanol–water partition coefficient (Wildman–Crippen LogP) is 2.22.